The van der Waals surface area contributed by atoms with E-state index in [9.17, 15) is 4.79 Å². The highest BCUT2D eigenvalue weighted by molar-refractivity contribution is 7.71. The van der Waals surface area contributed by atoms with E-state index < -0.39 is 0 Å². The summed E-state index contributed by atoms with van der Waals surface area (Å²) in [5.41, 5.74) is 0. The Hall–Kier alpha value is -1.21. The van der Waals surface area contributed by atoms with Gasteiger partial charge in [0, 0.05) is 26.1 Å². The molecule has 1 amide bonds. The van der Waals surface area contributed by atoms with Gasteiger partial charge in [-0.3, -0.25) is 9.89 Å². The number of hydrogen-bond donors (Lipinski definition) is 2. The number of rotatable bonds is 4. The Morgan fingerprint density at radius 3 is 2.82 bits per heavy atom. The molecule has 6 nitrogen and oxygen atoms in total. The molecule has 0 saturated carbocycles. The van der Waals surface area contributed by atoms with Crippen molar-refractivity contribution in [3.63, 3.8) is 0 Å². The van der Waals surface area contributed by atoms with Crippen LogP contribution in [0, 0.1) is 4.77 Å². The minimum Gasteiger partial charge on any atom is -0.388 e. The van der Waals surface area contributed by atoms with E-state index in [1.807, 2.05) is 4.90 Å². The van der Waals surface area contributed by atoms with Crippen molar-refractivity contribution in [2.45, 2.75) is 32.4 Å². The number of nitrogens with one attached hydrogen (secondary N) is 1. The lowest BCUT2D eigenvalue weighted by Crippen LogP contribution is -2.28. The van der Waals surface area contributed by atoms with Crippen molar-refractivity contribution in [3.05, 3.63) is 10.6 Å². The Morgan fingerprint density at radius 2 is 2.18 bits per heavy atom. The van der Waals surface area contributed by atoms with E-state index in [1.54, 1.807) is 4.57 Å². The van der Waals surface area contributed by atoms with Crippen molar-refractivity contribution in [3.8, 4) is 0 Å². The smallest absolute Gasteiger partial charge is 0.224 e. The minimum atomic E-state index is -0.176. The first kappa shape index (κ1) is 12.3. The van der Waals surface area contributed by atoms with Gasteiger partial charge >= 0.3 is 0 Å². The number of H-pyrrole nitrogens is 1. The average Bonchev–Trinajstić information content (AvgIpc) is 2.95. The summed E-state index contributed by atoms with van der Waals surface area (Å²) < 4.78 is 2.12. The highest BCUT2D eigenvalue weighted by Crippen LogP contribution is 2.10. The van der Waals surface area contributed by atoms with Gasteiger partial charge in [0.2, 0.25) is 5.91 Å². The molecule has 0 aliphatic carbocycles. The molecule has 7 heteroatoms. The van der Waals surface area contributed by atoms with Crippen LogP contribution >= 0.6 is 12.2 Å². The fraction of sp³-hybridized carbons (Fsp3) is 0.700. The van der Waals surface area contributed by atoms with Gasteiger partial charge in [0.1, 0.15) is 6.61 Å². The fourth-order valence-corrected chi connectivity index (χ4v) is 2.28. The number of aromatic nitrogens is 3. The standard InChI is InChI=1S/C10H16N4O2S/c15-7-8-11-12-10(17)14(8)6-3-9(16)13-4-1-2-5-13/h15H,1-7H2,(H,12,17). The number of likely N-dealkylation sites (tertiary alicyclic amines) is 1. The Labute approximate surface area is 104 Å². The van der Waals surface area contributed by atoms with Crippen LogP contribution in [0.4, 0.5) is 0 Å². The molecule has 17 heavy (non-hydrogen) atoms. The van der Waals surface area contributed by atoms with Gasteiger partial charge in [0.15, 0.2) is 10.6 Å². The van der Waals surface area contributed by atoms with Crippen LogP contribution < -0.4 is 0 Å². The van der Waals surface area contributed by atoms with Crippen molar-refractivity contribution < 1.29 is 9.90 Å². The summed E-state index contributed by atoms with van der Waals surface area (Å²) in [6, 6.07) is 0. The lowest BCUT2D eigenvalue weighted by Gasteiger charge is -2.15. The van der Waals surface area contributed by atoms with Crippen molar-refractivity contribution in [1.82, 2.24) is 19.7 Å². The molecule has 2 N–H and O–H groups in total. The molecule has 0 bridgehead atoms. The number of hydrogen-bond acceptors (Lipinski definition) is 4. The number of aliphatic hydroxyl groups excluding tert-OH is 1. The van der Waals surface area contributed by atoms with Crippen molar-refractivity contribution in [1.29, 1.82) is 0 Å². The molecule has 1 aromatic rings. The van der Waals surface area contributed by atoms with Gasteiger partial charge < -0.3 is 14.6 Å². The van der Waals surface area contributed by atoms with E-state index in [4.69, 9.17) is 17.3 Å². The van der Waals surface area contributed by atoms with Crippen LogP contribution in [0.15, 0.2) is 0 Å². The number of nitrogens with zero attached hydrogens (tertiary/aromatic N) is 3. The van der Waals surface area contributed by atoms with E-state index in [1.165, 1.54) is 0 Å². The summed E-state index contributed by atoms with van der Waals surface area (Å²) in [5, 5.41) is 15.6. The average molecular weight is 256 g/mol. The van der Waals surface area contributed by atoms with E-state index in [-0.39, 0.29) is 12.5 Å². The Bertz CT molecular complexity index is 447. The second-order valence-corrected chi connectivity index (χ2v) is 4.48. The number of aliphatic hydroxyl groups is 1. The van der Waals surface area contributed by atoms with Gasteiger partial charge in [-0.25, -0.2) is 0 Å². The van der Waals surface area contributed by atoms with Gasteiger partial charge in [0.05, 0.1) is 0 Å². The molecule has 1 aliphatic rings. The van der Waals surface area contributed by atoms with E-state index >= 15 is 0 Å². The van der Waals surface area contributed by atoms with Crippen molar-refractivity contribution in [2.75, 3.05) is 13.1 Å². The molecule has 1 aromatic heterocycles. The lowest BCUT2D eigenvalue weighted by atomic mass is 10.3. The number of aromatic amines is 1. The van der Waals surface area contributed by atoms with Gasteiger partial charge in [-0.1, -0.05) is 0 Å². The van der Waals surface area contributed by atoms with Gasteiger partial charge in [-0.15, -0.1) is 0 Å². The zero-order valence-corrected chi connectivity index (χ0v) is 10.4. The van der Waals surface area contributed by atoms with Crippen LogP contribution in [-0.2, 0) is 17.9 Å². The minimum absolute atomic E-state index is 0.148. The second kappa shape index (κ2) is 5.42. The van der Waals surface area contributed by atoms with Crippen molar-refractivity contribution in [2.24, 2.45) is 0 Å². The summed E-state index contributed by atoms with van der Waals surface area (Å²) in [7, 11) is 0. The first-order valence-electron chi connectivity index (χ1n) is 5.75. The van der Waals surface area contributed by atoms with Gasteiger partial charge in [-0.05, 0) is 25.1 Å². The van der Waals surface area contributed by atoms with Crippen LogP contribution in [0.1, 0.15) is 25.1 Å². The molecule has 0 spiro atoms. The molecule has 0 radical (unpaired) electrons. The largest absolute Gasteiger partial charge is 0.388 e. The Balaban J connectivity index is 1.94. The molecular weight excluding hydrogens is 240 g/mol. The molecule has 1 aliphatic heterocycles. The first-order chi connectivity index (χ1) is 8.22. The highest BCUT2D eigenvalue weighted by Gasteiger charge is 2.18. The Kier molecular flexibility index (Phi) is 3.90. The predicted octanol–water partition coefficient (Wildman–Crippen LogP) is 0.445. The lowest BCUT2D eigenvalue weighted by molar-refractivity contribution is -0.130. The van der Waals surface area contributed by atoms with E-state index in [2.05, 4.69) is 10.2 Å². The molecule has 94 valence electrons. The maximum Gasteiger partial charge on any atom is 0.224 e. The number of carbonyl (C=O) groups is 1. The monoisotopic (exact) mass is 256 g/mol. The summed E-state index contributed by atoms with van der Waals surface area (Å²) in [6.07, 6.45) is 2.60. The van der Waals surface area contributed by atoms with E-state index in [0.29, 0.717) is 23.6 Å². The number of amides is 1. The number of carbonyl (C=O) groups excluding carboxylic acids is 1. The topological polar surface area (TPSA) is 74.1 Å². The first-order valence-corrected chi connectivity index (χ1v) is 6.16. The van der Waals surface area contributed by atoms with Crippen LogP contribution in [0.3, 0.4) is 0 Å². The summed E-state index contributed by atoms with van der Waals surface area (Å²) in [5.74, 6) is 0.624. The van der Waals surface area contributed by atoms with E-state index in [0.717, 1.165) is 25.9 Å². The predicted molar refractivity (Wildman–Crippen MR) is 63.8 cm³/mol. The summed E-state index contributed by atoms with van der Waals surface area (Å²) in [4.78, 5) is 13.7. The molecule has 2 heterocycles. The SMILES string of the molecule is O=C(CCn1c(CO)n[nH]c1=S)N1CCCC1. The third-order valence-corrected chi connectivity index (χ3v) is 3.30. The zero-order valence-electron chi connectivity index (χ0n) is 9.56. The molecular formula is C10H16N4O2S. The summed E-state index contributed by atoms with van der Waals surface area (Å²) in [6.45, 7) is 2.02. The van der Waals surface area contributed by atoms with Crippen LogP contribution in [0.5, 0.6) is 0 Å². The third kappa shape index (κ3) is 2.73. The van der Waals surface area contributed by atoms with Crippen LogP contribution in [0.2, 0.25) is 0 Å². The highest BCUT2D eigenvalue weighted by atomic mass is 32.1. The molecule has 1 fully saturated rings. The maximum atomic E-state index is 11.8. The maximum absolute atomic E-state index is 11.8. The fourth-order valence-electron chi connectivity index (χ4n) is 2.03. The normalized spacial score (nSPS) is 15.5. The van der Waals surface area contributed by atoms with Gasteiger partial charge in [0.25, 0.3) is 0 Å². The van der Waals surface area contributed by atoms with Crippen molar-refractivity contribution >= 4 is 18.1 Å². The van der Waals surface area contributed by atoms with Crippen LogP contribution in [0.25, 0.3) is 0 Å². The van der Waals surface area contributed by atoms with Crippen LogP contribution in [-0.4, -0.2) is 43.8 Å². The second-order valence-electron chi connectivity index (χ2n) is 4.09. The van der Waals surface area contributed by atoms with Gasteiger partial charge in [-0.2, -0.15) is 5.10 Å². The molecule has 2 rings (SSSR count). The third-order valence-electron chi connectivity index (χ3n) is 2.99. The zero-order chi connectivity index (χ0) is 12.3. The molecule has 1 saturated heterocycles. The Morgan fingerprint density at radius 1 is 1.47 bits per heavy atom. The summed E-state index contributed by atoms with van der Waals surface area (Å²) >= 11 is 5.03. The molecule has 0 unspecified atom stereocenters. The molecule has 0 atom stereocenters. The quantitative estimate of drug-likeness (QED) is 0.767. The molecule has 0 aromatic carbocycles.